The summed E-state index contributed by atoms with van der Waals surface area (Å²) in [6.07, 6.45) is 8.78. The van der Waals surface area contributed by atoms with Crippen molar-refractivity contribution < 1.29 is 9.53 Å². The minimum absolute atomic E-state index is 0.128. The standard InChI is InChI=1S/C14H26N2O2/c1-2-10-4-3-5-11(8-10)18-12-6-7-14(16,9-12)13(15)17/h10-12H,2-9,16H2,1H3,(H2,15,17). The molecule has 0 aromatic rings. The van der Waals surface area contributed by atoms with Gasteiger partial charge in [0.1, 0.15) is 0 Å². The maximum atomic E-state index is 11.3. The molecule has 2 aliphatic rings. The van der Waals surface area contributed by atoms with Gasteiger partial charge in [-0.3, -0.25) is 4.79 Å². The number of rotatable bonds is 4. The van der Waals surface area contributed by atoms with Crippen molar-refractivity contribution in [1.82, 2.24) is 0 Å². The molecule has 2 aliphatic carbocycles. The van der Waals surface area contributed by atoms with Gasteiger partial charge in [-0.2, -0.15) is 0 Å². The summed E-state index contributed by atoms with van der Waals surface area (Å²) >= 11 is 0. The molecule has 4 unspecified atom stereocenters. The van der Waals surface area contributed by atoms with E-state index in [4.69, 9.17) is 16.2 Å². The summed E-state index contributed by atoms with van der Waals surface area (Å²) in [5, 5.41) is 0. The molecule has 2 fully saturated rings. The molecule has 18 heavy (non-hydrogen) atoms. The second-order valence-corrected chi connectivity index (χ2v) is 6.08. The summed E-state index contributed by atoms with van der Waals surface area (Å²) in [6.45, 7) is 2.25. The van der Waals surface area contributed by atoms with Crippen molar-refractivity contribution in [3.8, 4) is 0 Å². The van der Waals surface area contributed by atoms with Crippen LogP contribution in [-0.4, -0.2) is 23.7 Å². The topological polar surface area (TPSA) is 78.3 Å². The van der Waals surface area contributed by atoms with Crippen LogP contribution >= 0.6 is 0 Å². The highest BCUT2D eigenvalue weighted by atomic mass is 16.5. The van der Waals surface area contributed by atoms with E-state index in [1.165, 1.54) is 25.7 Å². The first-order valence-corrected chi connectivity index (χ1v) is 7.27. The van der Waals surface area contributed by atoms with Gasteiger partial charge in [0, 0.05) is 6.42 Å². The van der Waals surface area contributed by atoms with Crippen LogP contribution in [0, 0.1) is 5.92 Å². The highest BCUT2D eigenvalue weighted by molar-refractivity contribution is 5.84. The Kier molecular flexibility index (Phi) is 4.28. The molecule has 0 heterocycles. The Morgan fingerprint density at radius 2 is 2.11 bits per heavy atom. The van der Waals surface area contributed by atoms with Crippen LogP contribution < -0.4 is 11.5 Å². The lowest BCUT2D eigenvalue weighted by Gasteiger charge is -2.31. The molecule has 0 aliphatic heterocycles. The third-order valence-corrected chi connectivity index (χ3v) is 4.69. The second-order valence-electron chi connectivity index (χ2n) is 6.08. The van der Waals surface area contributed by atoms with Crippen LogP contribution in [0.3, 0.4) is 0 Å². The predicted molar refractivity (Wildman–Crippen MR) is 70.9 cm³/mol. The second kappa shape index (κ2) is 5.57. The van der Waals surface area contributed by atoms with Crippen molar-refractivity contribution in [2.45, 2.75) is 76.0 Å². The van der Waals surface area contributed by atoms with Crippen molar-refractivity contribution in [3.05, 3.63) is 0 Å². The molecular formula is C14H26N2O2. The maximum Gasteiger partial charge on any atom is 0.237 e. The fourth-order valence-electron chi connectivity index (χ4n) is 3.38. The average Bonchev–Trinajstić information content (AvgIpc) is 2.72. The molecule has 0 spiro atoms. The number of nitrogens with two attached hydrogens (primary N) is 2. The Labute approximate surface area is 109 Å². The quantitative estimate of drug-likeness (QED) is 0.801. The van der Waals surface area contributed by atoms with E-state index in [0.29, 0.717) is 18.9 Å². The highest BCUT2D eigenvalue weighted by Gasteiger charge is 2.42. The van der Waals surface area contributed by atoms with Gasteiger partial charge in [-0.25, -0.2) is 0 Å². The SMILES string of the molecule is CCC1CCCC(OC2CCC(N)(C(N)=O)C2)C1. The third kappa shape index (κ3) is 3.04. The molecule has 4 nitrogen and oxygen atoms in total. The predicted octanol–water partition coefficient (Wildman–Crippen LogP) is 1.71. The molecule has 4 heteroatoms. The first-order chi connectivity index (χ1) is 8.53. The lowest BCUT2D eigenvalue weighted by atomic mass is 9.85. The van der Waals surface area contributed by atoms with Crippen LogP contribution in [0.1, 0.15) is 58.3 Å². The zero-order valence-corrected chi connectivity index (χ0v) is 11.4. The molecule has 4 atom stereocenters. The van der Waals surface area contributed by atoms with Crippen molar-refractivity contribution in [2.75, 3.05) is 0 Å². The molecule has 0 bridgehead atoms. The van der Waals surface area contributed by atoms with E-state index >= 15 is 0 Å². The van der Waals surface area contributed by atoms with Gasteiger partial charge in [-0.15, -0.1) is 0 Å². The van der Waals surface area contributed by atoms with Crippen molar-refractivity contribution in [3.63, 3.8) is 0 Å². The van der Waals surface area contributed by atoms with Gasteiger partial charge >= 0.3 is 0 Å². The van der Waals surface area contributed by atoms with E-state index in [1.54, 1.807) is 0 Å². The molecule has 0 aromatic carbocycles. The lowest BCUT2D eigenvalue weighted by molar-refractivity contribution is -0.123. The molecule has 2 saturated carbocycles. The first kappa shape index (κ1) is 13.8. The fraction of sp³-hybridized carbons (Fsp3) is 0.929. The lowest BCUT2D eigenvalue weighted by Crippen LogP contribution is -2.50. The van der Waals surface area contributed by atoms with Gasteiger partial charge in [0.05, 0.1) is 17.7 Å². The van der Waals surface area contributed by atoms with E-state index in [2.05, 4.69) is 6.92 Å². The highest BCUT2D eigenvalue weighted by Crippen LogP contribution is 2.34. The Balaban J connectivity index is 1.82. The number of ether oxygens (including phenoxy) is 1. The van der Waals surface area contributed by atoms with Crippen LogP contribution in [0.25, 0.3) is 0 Å². The third-order valence-electron chi connectivity index (χ3n) is 4.69. The summed E-state index contributed by atoms with van der Waals surface area (Å²) in [5.41, 5.74) is 10.5. The van der Waals surface area contributed by atoms with Crippen LogP contribution in [0.4, 0.5) is 0 Å². The summed E-state index contributed by atoms with van der Waals surface area (Å²) in [5.74, 6) is 0.424. The fourth-order valence-corrected chi connectivity index (χ4v) is 3.38. The number of carbonyl (C=O) groups is 1. The van der Waals surface area contributed by atoms with E-state index in [9.17, 15) is 4.79 Å². The normalized spacial score (nSPS) is 40.9. The van der Waals surface area contributed by atoms with Gasteiger partial charge in [0.2, 0.25) is 5.91 Å². The van der Waals surface area contributed by atoms with E-state index in [-0.39, 0.29) is 12.0 Å². The van der Waals surface area contributed by atoms with Crippen LogP contribution in [0.2, 0.25) is 0 Å². The minimum atomic E-state index is -0.830. The van der Waals surface area contributed by atoms with E-state index < -0.39 is 5.54 Å². The van der Waals surface area contributed by atoms with Crippen molar-refractivity contribution >= 4 is 5.91 Å². The average molecular weight is 254 g/mol. The van der Waals surface area contributed by atoms with E-state index in [0.717, 1.165) is 18.8 Å². The van der Waals surface area contributed by atoms with E-state index in [1.807, 2.05) is 0 Å². The Bertz CT molecular complexity index is 308. The molecule has 0 aromatic heterocycles. The number of hydrogen-bond acceptors (Lipinski definition) is 3. The Hall–Kier alpha value is -0.610. The van der Waals surface area contributed by atoms with Crippen LogP contribution in [-0.2, 0) is 9.53 Å². The molecule has 104 valence electrons. The number of primary amides is 1. The Morgan fingerprint density at radius 3 is 2.72 bits per heavy atom. The zero-order valence-electron chi connectivity index (χ0n) is 11.4. The number of amides is 1. The smallest absolute Gasteiger partial charge is 0.237 e. The Morgan fingerprint density at radius 1 is 1.33 bits per heavy atom. The minimum Gasteiger partial charge on any atom is -0.375 e. The van der Waals surface area contributed by atoms with Gasteiger partial charge < -0.3 is 16.2 Å². The molecule has 0 saturated heterocycles. The van der Waals surface area contributed by atoms with Gasteiger partial charge in [-0.05, 0) is 31.6 Å². The van der Waals surface area contributed by atoms with Gasteiger partial charge in [-0.1, -0.05) is 26.2 Å². The molecule has 4 N–H and O–H groups in total. The maximum absolute atomic E-state index is 11.3. The molecule has 1 amide bonds. The summed E-state index contributed by atoms with van der Waals surface area (Å²) < 4.78 is 6.14. The van der Waals surface area contributed by atoms with Crippen LogP contribution in [0.15, 0.2) is 0 Å². The van der Waals surface area contributed by atoms with Gasteiger partial charge in [0.25, 0.3) is 0 Å². The monoisotopic (exact) mass is 254 g/mol. The van der Waals surface area contributed by atoms with Crippen molar-refractivity contribution in [1.29, 1.82) is 0 Å². The van der Waals surface area contributed by atoms with Crippen LogP contribution in [0.5, 0.6) is 0 Å². The summed E-state index contributed by atoms with van der Waals surface area (Å²) in [6, 6.07) is 0. The number of carbonyl (C=O) groups excluding carboxylic acids is 1. The molecular weight excluding hydrogens is 228 g/mol. The largest absolute Gasteiger partial charge is 0.375 e. The summed E-state index contributed by atoms with van der Waals surface area (Å²) in [7, 11) is 0. The zero-order chi connectivity index (χ0) is 13.2. The number of hydrogen-bond donors (Lipinski definition) is 2. The molecule has 0 radical (unpaired) electrons. The summed E-state index contributed by atoms with van der Waals surface area (Å²) in [4.78, 5) is 11.3. The van der Waals surface area contributed by atoms with Gasteiger partial charge in [0.15, 0.2) is 0 Å². The molecule has 2 rings (SSSR count). The first-order valence-electron chi connectivity index (χ1n) is 7.27. The van der Waals surface area contributed by atoms with Crippen molar-refractivity contribution in [2.24, 2.45) is 17.4 Å².